The van der Waals surface area contributed by atoms with Gasteiger partial charge in [-0.1, -0.05) is 55.6 Å². The Morgan fingerprint density at radius 1 is 1.07 bits per heavy atom. The number of nitrogens with zero attached hydrogens (tertiary/aromatic N) is 4. The van der Waals surface area contributed by atoms with Gasteiger partial charge in [0.25, 0.3) is 0 Å². The summed E-state index contributed by atoms with van der Waals surface area (Å²) in [5, 5.41) is 21.4. The fourth-order valence-corrected chi connectivity index (χ4v) is 5.62. The summed E-state index contributed by atoms with van der Waals surface area (Å²) >= 11 is 0. The molecule has 5 rings (SSSR count). The van der Waals surface area contributed by atoms with Gasteiger partial charge in [-0.25, -0.2) is 0 Å². The van der Waals surface area contributed by atoms with E-state index < -0.39 is 0 Å². The Balaban J connectivity index is 1.58. The van der Waals surface area contributed by atoms with E-state index in [-0.39, 0.29) is 5.41 Å². The number of hydrogen-bond acceptors (Lipinski definition) is 4. The molecule has 0 radical (unpaired) electrons. The van der Waals surface area contributed by atoms with E-state index >= 15 is 0 Å². The van der Waals surface area contributed by atoms with Gasteiger partial charge in [0.15, 0.2) is 5.82 Å². The van der Waals surface area contributed by atoms with E-state index in [0.717, 1.165) is 22.8 Å². The van der Waals surface area contributed by atoms with Crippen molar-refractivity contribution in [1.29, 1.82) is 0 Å². The second-order valence-corrected chi connectivity index (χ2v) is 8.98. The minimum atomic E-state index is 0.187. The van der Waals surface area contributed by atoms with Crippen LogP contribution in [-0.4, -0.2) is 26.2 Å². The van der Waals surface area contributed by atoms with Crippen LogP contribution in [0.15, 0.2) is 29.4 Å². The van der Waals surface area contributed by atoms with Gasteiger partial charge in [-0.05, 0) is 50.4 Å². The van der Waals surface area contributed by atoms with Crippen LogP contribution in [0.4, 0.5) is 0 Å². The van der Waals surface area contributed by atoms with Crippen molar-refractivity contribution in [3.8, 4) is 11.4 Å². The summed E-state index contributed by atoms with van der Waals surface area (Å²) in [4.78, 5) is 0. The van der Waals surface area contributed by atoms with Gasteiger partial charge >= 0.3 is 0 Å². The highest BCUT2D eigenvalue weighted by Crippen LogP contribution is 2.59. The predicted molar refractivity (Wildman–Crippen MR) is 112 cm³/mol. The Morgan fingerprint density at radius 3 is 2.46 bits per heavy atom. The van der Waals surface area contributed by atoms with Crippen LogP contribution >= 0.6 is 0 Å². The largest absolute Gasteiger partial charge is 0.411 e. The Kier molecular flexibility index (Phi) is 5.26. The lowest BCUT2D eigenvalue weighted by Crippen LogP contribution is -2.45. The minimum Gasteiger partial charge on any atom is -0.411 e. The van der Waals surface area contributed by atoms with E-state index in [1.807, 2.05) is 24.3 Å². The molecule has 0 amide bonds. The molecule has 0 spiro atoms. The first-order valence-electron chi connectivity index (χ1n) is 10.8. The maximum Gasteiger partial charge on any atom is 0.164 e. The lowest BCUT2D eigenvalue weighted by molar-refractivity contribution is 0.0250. The van der Waals surface area contributed by atoms with E-state index in [1.54, 1.807) is 0 Å². The van der Waals surface area contributed by atoms with Gasteiger partial charge in [0.2, 0.25) is 0 Å². The highest BCUT2D eigenvalue weighted by molar-refractivity contribution is 5.88. The van der Waals surface area contributed by atoms with Gasteiger partial charge in [-0.15, -0.1) is 10.2 Å². The molecular weight excluding hydrogens is 348 g/mol. The molecular formula is C23H32N4O. The molecule has 3 fully saturated rings. The van der Waals surface area contributed by atoms with Gasteiger partial charge < -0.3 is 9.77 Å². The summed E-state index contributed by atoms with van der Waals surface area (Å²) < 4.78 is 2.18. The molecule has 0 saturated heterocycles. The van der Waals surface area contributed by atoms with Crippen LogP contribution in [0.25, 0.3) is 11.4 Å². The van der Waals surface area contributed by atoms with E-state index in [1.165, 1.54) is 70.4 Å². The van der Waals surface area contributed by atoms with Crippen molar-refractivity contribution in [2.24, 2.45) is 17.6 Å². The zero-order valence-electron chi connectivity index (χ0n) is 17.2. The molecule has 2 aromatic rings. The molecule has 150 valence electrons. The molecule has 3 aliphatic rings. The smallest absolute Gasteiger partial charge is 0.164 e. The molecule has 5 nitrogen and oxygen atoms in total. The Labute approximate surface area is 167 Å². The number of benzene rings is 1. The van der Waals surface area contributed by atoms with Gasteiger partial charge in [0.05, 0.1) is 6.21 Å². The SMILES string of the molecule is CCCCCC12CCC(c3nnc(-c4ccccc4/C=N\O)n3C)(CC1)CC2. The summed E-state index contributed by atoms with van der Waals surface area (Å²) in [6, 6.07) is 7.88. The van der Waals surface area contributed by atoms with Crippen LogP contribution in [0.3, 0.4) is 0 Å². The number of hydrogen-bond donors (Lipinski definition) is 1. The first kappa shape index (κ1) is 19.2. The number of aromatic nitrogens is 3. The lowest BCUT2D eigenvalue weighted by Gasteiger charge is -2.53. The third-order valence-electron chi connectivity index (χ3n) is 7.46. The standard InChI is InChI=1S/C23H32N4O/c1-3-4-7-10-22-11-14-23(15-12-22,16-13-22)21-26-25-20(27(21)2)19-9-6-5-8-18(19)17-24-28/h5-6,8-9,17,28H,3-4,7,10-16H2,1-2H3/b24-17-. The Morgan fingerprint density at radius 2 is 1.79 bits per heavy atom. The molecule has 1 heterocycles. The first-order valence-corrected chi connectivity index (χ1v) is 10.8. The summed E-state index contributed by atoms with van der Waals surface area (Å²) in [6.07, 6.45) is 14.7. The maximum atomic E-state index is 8.98. The number of unbranched alkanes of at least 4 members (excludes halogenated alkanes) is 2. The molecule has 0 aliphatic heterocycles. The van der Waals surface area contributed by atoms with Crippen LogP contribution in [0.5, 0.6) is 0 Å². The van der Waals surface area contributed by atoms with Crippen molar-refractivity contribution in [2.45, 2.75) is 76.5 Å². The molecule has 5 heteroatoms. The summed E-state index contributed by atoms with van der Waals surface area (Å²) in [5.74, 6) is 1.99. The Hall–Kier alpha value is -2.17. The van der Waals surface area contributed by atoms with Crippen molar-refractivity contribution in [3.05, 3.63) is 35.7 Å². The Bertz CT molecular complexity index is 830. The van der Waals surface area contributed by atoms with Crippen molar-refractivity contribution in [3.63, 3.8) is 0 Å². The molecule has 3 aliphatic carbocycles. The zero-order valence-corrected chi connectivity index (χ0v) is 17.2. The van der Waals surface area contributed by atoms with Gasteiger partial charge in [-0.2, -0.15) is 0 Å². The van der Waals surface area contributed by atoms with E-state index in [9.17, 15) is 0 Å². The first-order chi connectivity index (χ1) is 13.6. The van der Waals surface area contributed by atoms with Crippen LogP contribution < -0.4 is 0 Å². The minimum absolute atomic E-state index is 0.187. The molecule has 1 aromatic heterocycles. The zero-order chi connectivity index (χ0) is 19.6. The third-order valence-corrected chi connectivity index (χ3v) is 7.46. The van der Waals surface area contributed by atoms with Crippen LogP contribution in [0.2, 0.25) is 0 Å². The van der Waals surface area contributed by atoms with Gasteiger partial charge in [-0.3, -0.25) is 0 Å². The number of fused-ring (bicyclic) bond motifs is 3. The molecule has 1 aromatic carbocycles. The van der Waals surface area contributed by atoms with Gasteiger partial charge in [0.1, 0.15) is 5.82 Å². The van der Waals surface area contributed by atoms with E-state index in [4.69, 9.17) is 5.21 Å². The average Bonchev–Trinajstić information content (AvgIpc) is 3.12. The van der Waals surface area contributed by atoms with Crippen molar-refractivity contribution >= 4 is 6.21 Å². The molecule has 28 heavy (non-hydrogen) atoms. The topological polar surface area (TPSA) is 63.3 Å². The van der Waals surface area contributed by atoms with E-state index in [0.29, 0.717) is 5.41 Å². The molecule has 1 N–H and O–H groups in total. The van der Waals surface area contributed by atoms with Crippen LogP contribution in [-0.2, 0) is 12.5 Å². The van der Waals surface area contributed by atoms with Crippen LogP contribution in [0, 0.1) is 5.41 Å². The summed E-state index contributed by atoms with van der Waals surface area (Å²) in [5.41, 5.74) is 2.60. The molecule has 2 bridgehead atoms. The number of rotatable bonds is 7. The summed E-state index contributed by atoms with van der Waals surface area (Å²) in [7, 11) is 2.09. The number of oxime groups is 1. The predicted octanol–water partition coefficient (Wildman–Crippen LogP) is 5.46. The van der Waals surface area contributed by atoms with E-state index in [2.05, 4.69) is 33.9 Å². The van der Waals surface area contributed by atoms with Gasteiger partial charge in [0, 0.05) is 23.6 Å². The second-order valence-electron chi connectivity index (χ2n) is 8.98. The molecule has 0 unspecified atom stereocenters. The highest BCUT2D eigenvalue weighted by atomic mass is 16.4. The monoisotopic (exact) mass is 380 g/mol. The normalized spacial score (nSPS) is 26.9. The van der Waals surface area contributed by atoms with Crippen molar-refractivity contribution in [2.75, 3.05) is 0 Å². The summed E-state index contributed by atoms with van der Waals surface area (Å²) in [6.45, 7) is 2.29. The lowest BCUT2D eigenvalue weighted by atomic mass is 9.52. The average molecular weight is 381 g/mol. The quantitative estimate of drug-likeness (QED) is 0.300. The molecule has 0 atom stereocenters. The van der Waals surface area contributed by atoms with Crippen LogP contribution in [0.1, 0.15) is 82.5 Å². The van der Waals surface area contributed by atoms with Crippen molar-refractivity contribution in [1.82, 2.24) is 14.8 Å². The molecule has 3 saturated carbocycles. The fraction of sp³-hybridized carbons (Fsp3) is 0.609. The third kappa shape index (κ3) is 3.25. The van der Waals surface area contributed by atoms with Crippen molar-refractivity contribution < 1.29 is 5.21 Å². The fourth-order valence-electron chi connectivity index (χ4n) is 5.62. The second kappa shape index (κ2) is 7.69. The maximum absolute atomic E-state index is 8.98. The highest BCUT2D eigenvalue weighted by Gasteiger charge is 2.51.